The molecule has 0 aliphatic rings. The summed E-state index contributed by atoms with van der Waals surface area (Å²) < 4.78 is 0. The number of allylic oxidation sites excluding steroid dienone is 1. The summed E-state index contributed by atoms with van der Waals surface area (Å²) in [6.07, 6.45) is 5.65. The molecule has 0 fully saturated rings. The van der Waals surface area contributed by atoms with Crippen molar-refractivity contribution in [1.29, 1.82) is 0 Å². The second-order valence-electron chi connectivity index (χ2n) is 3.68. The summed E-state index contributed by atoms with van der Waals surface area (Å²) in [7, 11) is 0. The summed E-state index contributed by atoms with van der Waals surface area (Å²) in [6.45, 7) is 8.71. The van der Waals surface area contributed by atoms with Crippen molar-refractivity contribution in [1.82, 2.24) is 0 Å². The van der Waals surface area contributed by atoms with E-state index < -0.39 is 0 Å². The maximum Gasteiger partial charge on any atom is 0.0433 e. The summed E-state index contributed by atoms with van der Waals surface area (Å²) in [5, 5.41) is 8.70. The van der Waals surface area contributed by atoms with Gasteiger partial charge in [-0.2, -0.15) is 0 Å². The number of unbranched alkanes of at least 4 members (excludes halogenated alkanes) is 1. The first-order valence-corrected chi connectivity index (χ1v) is 4.98. The van der Waals surface area contributed by atoms with Gasteiger partial charge in [-0.15, -0.1) is 0 Å². The van der Waals surface area contributed by atoms with Gasteiger partial charge in [0.2, 0.25) is 0 Å². The predicted molar refractivity (Wildman–Crippen MR) is 54.1 cm³/mol. The Balaban J connectivity index is 3.40. The highest BCUT2D eigenvalue weighted by molar-refractivity contribution is 4.94. The van der Waals surface area contributed by atoms with Gasteiger partial charge in [-0.3, -0.25) is 0 Å². The molecule has 0 spiro atoms. The number of aliphatic hydroxyl groups is 1. The molecule has 72 valence electrons. The van der Waals surface area contributed by atoms with Crippen LogP contribution in [-0.4, -0.2) is 11.7 Å². The third kappa shape index (κ3) is 6.41. The van der Waals surface area contributed by atoms with Crippen LogP contribution in [-0.2, 0) is 0 Å². The molecule has 0 radical (unpaired) electrons. The molecule has 12 heavy (non-hydrogen) atoms. The molecular formula is C11H22O. The van der Waals surface area contributed by atoms with Crippen LogP contribution >= 0.6 is 0 Å². The Hall–Kier alpha value is -0.300. The maximum absolute atomic E-state index is 8.70. The third-order valence-electron chi connectivity index (χ3n) is 2.14. The third-order valence-corrected chi connectivity index (χ3v) is 2.14. The smallest absolute Gasteiger partial charge is 0.0433 e. The first-order chi connectivity index (χ1) is 5.70. The van der Waals surface area contributed by atoms with Crippen molar-refractivity contribution in [3.05, 3.63) is 12.2 Å². The predicted octanol–water partition coefficient (Wildman–Crippen LogP) is 3.14. The van der Waals surface area contributed by atoms with Crippen molar-refractivity contribution in [2.75, 3.05) is 6.61 Å². The fourth-order valence-electron chi connectivity index (χ4n) is 1.34. The highest BCUT2D eigenvalue weighted by Crippen LogP contribution is 2.17. The zero-order valence-electron chi connectivity index (χ0n) is 8.47. The summed E-state index contributed by atoms with van der Waals surface area (Å²) in [6, 6.07) is 0. The van der Waals surface area contributed by atoms with E-state index in [0.717, 1.165) is 19.3 Å². The van der Waals surface area contributed by atoms with Gasteiger partial charge in [0.25, 0.3) is 0 Å². The van der Waals surface area contributed by atoms with Crippen molar-refractivity contribution >= 4 is 0 Å². The van der Waals surface area contributed by atoms with Crippen LogP contribution < -0.4 is 0 Å². The number of hydrogen-bond acceptors (Lipinski definition) is 1. The molecule has 1 heteroatoms. The second-order valence-corrected chi connectivity index (χ2v) is 3.68. The van der Waals surface area contributed by atoms with Crippen LogP contribution in [0.3, 0.4) is 0 Å². The molecule has 0 amide bonds. The van der Waals surface area contributed by atoms with Crippen LogP contribution in [0.5, 0.6) is 0 Å². The average Bonchev–Trinajstić information content (AvgIpc) is 2.01. The molecule has 0 rings (SSSR count). The van der Waals surface area contributed by atoms with E-state index in [1.165, 1.54) is 18.4 Å². The maximum atomic E-state index is 8.70. The van der Waals surface area contributed by atoms with E-state index in [4.69, 9.17) is 5.11 Å². The Labute approximate surface area is 76.5 Å². The van der Waals surface area contributed by atoms with Crippen LogP contribution in [0.2, 0.25) is 0 Å². The molecule has 1 unspecified atom stereocenters. The molecule has 1 nitrogen and oxygen atoms in total. The average molecular weight is 170 g/mol. The van der Waals surface area contributed by atoms with Crippen LogP contribution in [0, 0.1) is 5.92 Å². The van der Waals surface area contributed by atoms with Gasteiger partial charge in [0.15, 0.2) is 0 Å². The van der Waals surface area contributed by atoms with Gasteiger partial charge in [0.1, 0.15) is 0 Å². The molecule has 0 heterocycles. The number of aliphatic hydroxyl groups excluding tert-OH is 1. The lowest BCUT2D eigenvalue weighted by atomic mass is 9.96. The standard InChI is InChI=1S/C11H22O/c1-4-5-6-10(2)9-11(3)7-8-12/h11-12H,2,4-9H2,1,3H3. The van der Waals surface area contributed by atoms with Crippen molar-refractivity contribution in [2.24, 2.45) is 5.92 Å². The quantitative estimate of drug-likeness (QED) is 0.582. The Morgan fingerprint density at radius 2 is 2.17 bits per heavy atom. The minimum absolute atomic E-state index is 0.308. The van der Waals surface area contributed by atoms with Crippen molar-refractivity contribution < 1.29 is 5.11 Å². The highest BCUT2D eigenvalue weighted by atomic mass is 16.2. The summed E-state index contributed by atoms with van der Waals surface area (Å²) >= 11 is 0. The summed E-state index contributed by atoms with van der Waals surface area (Å²) in [5.41, 5.74) is 1.35. The van der Waals surface area contributed by atoms with Gasteiger partial charge >= 0.3 is 0 Å². The van der Waals surface area contributed by atoms with Gasteiger partial charge in [-0.25, -0.2) is 0 Å². The van der Waals surface area contributed by atoms with E-state index in [1.54, 1.807) is 0 Å². The molecule has 1 N–H and O–H groups in total. The molecule has 0 aliphatic heterocycles. The van der Waals surface area contributed by atoms with E-state index >= 15 is 0 Å². The van der Waals surface area contributed by atoms with Gasteiger partial charge in [0, 0.05) is 6.61 Å². The Kier molecular flexibility index (Phi) is 7.17. The largest absolute Gasteiger partial charge is 0.396 e. The second kappa shape index (κ2) is 7.35. The Bertz CT molecular complexity index is 118. The van der Waals surface area contributed by atoms with Crippen molar-refractivity contribution in [3.8, 4) is 0 Å². The van der Waals surface area contributed by atoms with Gasteiger partial charge in [-0.05, 0) is 31.6 Å². The monoisotopic (exact) mass is 170 g/mol. The molecule has 0 aromatic rings. The Morgan fingerprint density at radius 3 is 2.67 bits per heavy atom. The topological polar surface area (TPSA) is 20.2 Å². The van der Waals surface area contributed by atoms with Crippen LogP contribution in [0.4, 0.5) is 0 Å². The van der Waals surface area contributed by atoms with E-state index in [0.29, 0.717) is 12.5 Å². The zero-order chi connectivity index (χ0) is 9.40. The molecule has 1 atom stereocenters. The number of rotatable bonds is 7. The minimum Gasteiger partial charge on any atom is -0.396 e. The van der Waals surface area contributed by atoms with E-state index in [9.17, 15) is 0 Å². The highest BCUT2D eigenvalue weighted by Gasteiger charge is 2.02. The van der Waals surface area contributed by atoms with Gasteiger partial charge < -0.3 is 5.11 Å². The van der Waals surface area contributed by atoms with Crippen molar-refractivity contribution in [2.45, 2.75) is 46.0 Å². The molecule has 0 aromatic heterocycles. The molecule has 0 bridgehead atoms. The Morgan fingerprint density at radius 1 is 1.50 bits per heavy atom. The lowest BCUT2D eigenvalue weighted by Gasteiger charge is -2.11. The first-order valence-electron chi connectivity index (χ1n) is 4.98. The molecule has 0 aliphatic carbocycles. The molecule has 0 saturated heterocycles. The normalized spacial score (nSPS) is 12.9. The number of hydrogen-bond donors (Lipinski definition) is 1. The van der Waals surface area contributed by atoms with Gasteiger partial charge in [0.05, 0.1) is 0 Å². The first kappa shape index (κ1) is 11.7. The zero-order valence-corrected chi connectivity index (χ0v) is 8.47. The molecule has 0 saturated carbocycles. The van der Waals surface area contributed by atoms with Crippen LogP contribution in [0.25, 0.3) is 0 Å². The lowest BCUT2D eigenvalue weighted by molar-refractivity contribution is 0.261. The molecule has 0 aromatic carbocycles. The minimum atomic E-state index is 0.308. The summed E-state index contributed by atoms with van der Waals surface area (Å²) in [4.78, 5) is 0. The van der Waals surface area contributed by atoms with Crippen molar-refractivity contribution in [3.63, 3.8) is 0 Å². The van der Waals surface area contributed by atoms with E-state index in [-0.39, 0.29) is 0 Å². The lowest BCUT2D eigenvalue weighted by Crippen LogP contribution is -1.99. The van der Waals surface area contributed by atoms with Crippen LogP contribution in [0.15, 0.2) is 12.2 Å². The van der Waals surface area contributed by atoms with E-state index in [2.05, 4.69) is 20.4 Å². The SMILES string of the molecule is C=C(CCCC)CC(C)CCO. The van der Waals surface area contributed by atoms with Crippen LogP contribution in [0.1, 0.15) is 46.0 Å². The van der Waals surface area contributed by atoms with E-state index in [1.807, 2.05) is 0 Å². The van der Waals surface area contributed by atoms with Gasteiger partial charge in [-0.1, -0.05) is 32.4 Å². The summed E-state index contributed by atoms with van der Waals surface area (Å²) in [5.74, 6) is 0.597. The fraction of sp³-hybridized carbons (Fsp3) is 0.818. The molecular weight excluding hydrogens is 148 g/mol. The fourth-order valence-corrected chi connectivity index (χ4v) is 1.34.